The van der Waals surface area contributed by atoms with Gasteiger partial charge in [-0.25, -0.2) is 0 Å². The molecule has 3 aromatic carbocycles. The van der Waals surface area contributed by atoms with Crippen molar-refractivity contribution in [3.63, 3.8) is 0 Å². The largest absolute Gasteiger partial charge is 0.481 e. The second-order valence-electron chi connectivity index (χ2n) is 9.59. The summed E-state index contributed by atoms with van der Waals surface area (Å²) in [5.74, 6) is -0.0104. The van der Waals surface area contributed by atoms with Gasteiger partial charge in [0.2, 0.25) is 5.91 Å². The van der Waals surface area contributed by atoms with Gasteiger partial charge in [-0.05, 0) is 55.8 Å². The zero-order chi connectivity index (χ0) is 26.5. The number of nitrogens with zero attached hydrogens (tertiary/aromatic N) is 2. The molecular weight excluding hydrogens is 480 g/mol. The first-order valence-corrected chi connectivity index (χ1v) is 13.0. The van der Waals surface area contributed by atoms with Crippen LogP contribution < -0.4 is 20.3 Å². The third kappa shape index (κ3) is 5.55. The number of carbonyl (C=O) groups is 3. The summed E-state index contributed by atoms with van der Waals surface area (Å²) < 4.78 is 5.99. The van der Waals surface area contributed by atoms with Gasteiger partial charge in [0.15, 0.2) is 6.10 Å². The molecule has 196 valence electrons. The second kappa shape index (κ2) is 11.5. The van der Waals surface area contributed by atoms with Gasteiger partial charge in [0.1, 0.15) is 5.75 Å². The van der Waals surface area contributed by atoms with Crippen molar-refractivity contribution in [2.45, 2.75) is 31.9 Å². The number of ether oxygens (including phenoxy) is 1. The van der Waals surface area contributed by atoms with Crippen LogP contribution in [-0.2, 0) is 9.59 Å². The highest BCUT2D eigenvalue weighted by Gasteiger charge is 2.36. The molecule has 8 nitrogen and oxygen atoms in total. The average molecular weight is 513 g/mol. The summed E-state index contributed by atoms with van der Waals surface area (Å²) in [4.78, 5) is 43.9. The first-order valence-electron chi connectivity index (χ1n) is 13.0. The van der Waals surface area contributed by atoms with Gasteiger partial charge in [-0.1, -0.05) is 48.5 Å². The fourth-order valence-corrected chi connectivity index (χ4v) is 5.01. The predicted octanol–water partition coefficient (Wildman–Crippen LogP) is 4.01. The molecule has 38 heavy (non-hydrogen) atoms. The fraction of sp³-hybridized carbons (Fsp3) is 0.300. The quantitative estimate of drug-likeness (QED) is 0.539. The third-order valence-corrected chi connectivity index (χ3v) is 6.92. The molecule has 3 aromatic rings. The Hall–Kier alpha value is -4.17. The van der Waals surface area contributed by atoms with Crippen molar-refractivity contribution in [1.29, 1.82) is 0 Å². The summed E-state index contributed by atoms with van der Waals surface area (Å²) in [6, 6.07) is 23.3. The molecule has 1 fully saturated rings. The molecule has 2 heterocycles. The van der Waals surface area contributed by atoms with E-state index in [1.807, 2.05) is 53.4 Å². The van der Waals surface area contributed by atoms with E-state index in [1.165, 1.54) is 0 Å². The molecule has 0 spiro atoms. The standard InChI is InChI=1S/C30H32N4O4/c1-21(38-24-11-6-3-7-12-24)29(36)34-26-14-13-23(30(37)33-17-8-15-31-16-18-33)19-25(26)32-28(35)20-27(34)22-9-4-2-5-10-22/h2-7,9-14,19,21,27,31H,8,15-18,20H2,1H3,(H,32,35). The van der Waals surface area contributed by atoms with E-state index in [0.717, 1.165) is 25.1 Å². The maximum absolute atomic E-state index is 14.0. The minimum atomic E-state index is -0.810. The summed E-state index contributed by atoms with van der Waals surface area (Å²) >= 11 is 0. The van der Waals surface area contributed by atoms with Crippen LogP contribution in [0.3, 0.4) is 0 Å². The predicted molar refractivity (Wildman–Crippen MR) is 146 cm³/mol. The topological polar surface area (TPSA) is 91.0 Å². The van der Waals surface area contributed by atoms with Crippen molar-refractivity contribution in [1.82, 2.24) is 10.2 Å². The van der Waals surface area contributed by atoms with E-state index in [0.29, 0.717) is 35.8 Å². The average Bonchev–Trinajstić information content (AvgIpc) is 3.30. The number of para-hydroxylation sites is 1. The molecule has 3 amide bonds. The molecule has 0 saturated carbocycles. The molecule has 0 bridgehead atoms. The first kappa shape index (κ1) is 25.5. The molecule has 2 aliphatic rings. The van der Waals surface area contributed by atoms with Gasteiger partial charge >= 0.3 is 0 Å². The first-order chi connectivity index (χ1) is 18.5. The van der Waals surface area contributed by atoms with Crippen molar-refractivity contribution >= 4 is 29.1 Å². The molecule has 0 radical (unpaired) electrons. The van der Waals surface area contributed by atoms with E-state index in [1.54, 1.807) is 42.2 Å². The lowest BCUT2D eigenvalue weighted by molar-refractivity contribution is -0.125. The minimum absolute atomic E-state index is 0.0730. The molecule has 8 heteroatoms. The molecule has 1 saturated heterocycles. The van der Waals surface area contributed by atoms with E-state index in [-0.39, 0.29) is 24.1 Å². The zero-order valence-electron chi connectivity index (χ0n) is 21.4. The Morgan fingerprint density at radius 2 is 1.68 bits per heavy atom. The van der Waals surface area contributed by atoms with Crippen molar-refractivity contribution in [2.75, 3.05) is 36.4 Å². The number of hydrogen-bond donors (Lipinski definition) is 2. The molecule has 5 rings (SSSR count). The van der Waals surface area contributed by atoms with Crippen LogP contribution in [-0.4, -0.2) is 54.9 Å². The molecule has 2 unspecified atom stereocenters. The Bertz CT molecular complexity index is 1290. The summed E-state index contributed by atoms with van der Waals surface area (Å²) in [7, 11) is 0. The molecule has 0 aliphatic carbocycles. The van der Waals surface area contributed by atoms with Crippen molar-refractivity contribution in [2.24, 2.45) is 0 Å². The van der Waals surface area contributed by atoms with Crippen LogP contribution in [0.15, 0.2) is 78.9 Å². The molecule has 0 aromatic heterocycles. The van der Waals surface area contributed by atoms with Gasteiger partial charge in [0.25, 0.3) is 11.8 Å². The van der Waals surface area contributed by atoms with Gasteiger partial charge in [0.05, 0.1) is 23.8 Å². The number of amides is 3. The lowest BCUT2D eigenvalue weighted by Gasteiger charge is -2.33. The SMILES string of the molecule is CC(Oc1ccccc1)C(=O)N1c2ccc(C(=O)N3CCCNCC3)cc2NC(=O)CC1c1ccccc1. The van der Waals surface area contributed by atoms with Crippen LogP contribution in [0.4, 0.5) is 11.4 Å². The van der Waals surface area contributed by atoms with Crippen molar-refractivity contribution < 1.29 is 19.1 Å². The summed E-state index contributed by atoms with van der Waals surface area (Å²) in [6.45, 7) is 4.63. The highest BCUT2D eigenvalue weighted by atomic mass is 16.5. The van der Waals surface area contributed by atoms with Gasteiger partial charge in [-0.15, -0.1) is 0 Å². The maximum Gasteiger partial charge on any atom is 0.268 e. The number of carbonyl (C=O) groups excluding carboxylic acids is 3. The molecule has 2 N–H and O–H groups in total. The van der Waals surface area contributed by atoms with Crippen LogP contribution in [0.25, 0.3) is 0 Å². The van der Waals surface area contributed by atoms with Crippen LogP contribution in [0, 0.1) is 0 Å². The van der Waals surface area contributed by atoms with Gasteiger partial charge in [-0.3, -0.25) is 19.3 Å². The monoisotopic (exact) mass is 512 g/mol. The minimum Gasteiger partial charge on any atom is -0.481 e. The number of fused-ring (bicyclic) bond motifs is 1. The molecular formula is C30H32N4O4. The Morgan fingerprint density at radius 1 is 0.947 bits per heavy atom. The molecule has 2 aliphatic heterocycles. The summed E-state index contributed by atoms with van der Waals surface area (Å²) in [5.41, 5.74) is 2.29. The smallest absolute Gasteiger partial charge is 0.268 e. The van der Waals surface area contributed by atoms with E-state index in [4.69, 9.17) is 4.74 Å². The maximum atomic E-state index is 14.0. The van der Waals surface area contributed by atoms with E-state index in [2.05, 4.69) is 10.6 Å². The normalized spacial score (nSPS) is 18.4. The van der Waals surface area contributed by atoms with E-state index < -0.39 is 12.1 Å². The van der Waals surface area contributed by atoms with Crippen LogP contribution >= 0.6 is 0 Å². The number of rotatable bonds is 5. The van der Waals surface area contributed by atoms with Crippen molar-refractivity contribution in [3.8, 4) is 5.75 Å². The highest BCUT2D eigenvalue weighted by Crippen LogP contribution is 2.39. The lowest BCUT2D eigenvalue weighted by Crippen LogP contribution is -2.43. The lowest BCUT2D eigenvalue weighted by atomic mass is 10.0. The van der Waals surface area contributed by atoms with Crippen LogP contribution in [0.1, 0.15) is 41.7 Å². The number of hydrogen-bond acceptors (Lipinski definition) is 5. The zero-order valence-corrected chi connectivity index (χ0v) is 21.4. The number of anilines is 2. The third-order valence-electron chi connectivity index (χ3n) is 6.92. The van der Waals surface area contributed by atoms with Crippen LogP contribution in [0.2, 0.25) is 0 Å². The van der Waals surface area contributed by atoms with Gasteiger partial charge in [-0.2, -0.15) is 0 Å². The number of nitrogens with one attached hydrogen (secondary N) is 2. The Labute approximate surface area is 222 Å². The van der Waals surface area contributed by atoms with Gasteiger partial charge < -0.3 is 20.3 Å². The van der Waals surface area contributed by atoms with Crippen LogP contribution in [0.5, 0.6) is 5.75 Å². The van der Waals surface area contributed by atoms with Crippen molar-refractivity contribution in [3.05, 3.63) is 90.0 Å². The second-order valence-corrected chi connectivity index (χ2v) is 9.59. The van der Waals surface area contributed by atoms with E-state index >= 15 is 0 Å². The fourth-order valence-electron chi connectivity index (χ4n) is 5.01. The van der Waals surface area contributed by atoms with E-state index in [9.17, 15) is 14.4 Å². The number of benzene rings is 3. The Morgan fingerprint density at radius 3 is 2.45 bits per heavy atom. The van der Waals surface area contributed by atoms with Gasteiger partial charge in [0, 0.05) is 25.2 Å². The summed E-state index contributed by atoms with van der Waals surface area (Å²) in [6.07, 6.45) is 0.146. The highest BCUT2D eigenvalue weighted by molar-refractivity contribution is 6.07. The Balaban J connectivity index is 1.52. The molecule has 2 atom stereocenters. The summed E-state index contributed by atoms with van der Waals surface area (Å²) in [5, 5.41) is 6.26. The Kier molecular flexibility index (Phi) is 7.70.